The van der Waals surface area contributed by atoms with Gasteiger partial charge in [0, 0.05) is 21.4 Å². The molecule has 0 spiro atoms. The molecule has 2 aromatic rings. The molecule has 1 aromatic carbocycles. The summed E-state index contributed by atoms with van der Waals surface area (Å²) in [5.41, 5.74) is 0.917. The van der Waals surface area contributed by atoms with Gasteiger partial charge in [-0.2, -0.15) is 0 Å². The van der Waals surface area contributed by atoms with E-state index in [4.69, 9.17) is 4.74 Å². The van der Waals surface area contributed by atoms with Gasteiger partial charge in [-0.3, -0.25) is 0 Å². The van der Waals surface area contributed by atoms with Crippen LogP contribution >= 0.6 is 27.3 Å². The zero-order valence-corrected chi connectivity index (χ0v) is 13.4. The predicted molar refractivity (Wildman–Crippen MR) is 80.6 cm³/mol. The number of halogens is 2. The van der Waals surface area contributed by atoms with Gasteiger partial charge in [0.2, 0.25) is 0 Å². The average Bonchev–Trinajstić information content (AvgIpc) is 2.81. The van der Waals surface area contributed by atoms with Gasteiger partial charge in [-0.05, 0) is 48.1 Å². The molecular weight excluding hydrogens is 329 g/mol. The molecule has 1 N–H and O–H groups in total. The van der Waals surface area contributed by atoms with E-state index in [0.717, 1.165) is 5.56 Å². The molecule has 2 rings (SSSR count). The molecular formula is C14H15BrFNOS. The van der Waals surface area contributed by atoms with Crippen molar-refractivity contribution in [1.29, 1.82) is 0 Å². The van der Waals surface area contributed by atoms with Crippen LogP contribution in [0.4, 0.5) is 4.39 Å². The van der Waals surface area contributed by atoms with Crippen LogP contribution in [0.1, 0.15) is 21.4 Å². The first-order valence-corrected chi connectivity index (χ1v) is 7.44. The monoisotopic (exact) mass is 343 g/mol. The van der Waals surface area contributed by atoms with Gasteiger partial charge in [-0.1, -0.05) is 0 Å². The fraction of sp³-hybridized carbons (Fsp3) is 0.286. The van der Waals surface area contributed by atoms with E-state index in [9.17, 15) is 4.39 Å². The summed E-state index contributed by atoms with van der Waals surface area (Å²) in [7, 11) is 3.44. The third-order valence-corrected chi connectivity index (χ3v) is 4.59. The normalized spacial score (nSPS) is 12.5. The maximum Gasteiger partial charge on any atom is 0.141 e. The minimum absolute atomic E-state index is 0.00875. The quantitative estimate of drug-likeness (QED) is 0.894. The Morgan fingerprint density at radius 2 is 2.11 bits per heavy atom. The van der Waals surface area contributed by atoms with Crippen LogP contribution in [0.25, 0.3) is 0 Å². The third-order valence-electron chi connectivity index (χ3n) is 2.92. The second-order valence-corrected chi connectivity index (χ2v) is 6.35. The summed E-state index contributed by atoms with van der Waals surface area (Å²) in [5, 5.41) is 3.26. The lowest BCUT2D eigenvalue weighted by Gasteiger charge is -2.19. The van der Waals surface area contributed by atoms with Crippen molar-refractivity contribution in [3.8, 4) is 5.75 Å². The van der Waals surface area contributed by atoms with Gasteiger partial charge in [0.15, 0.2) is 0 Å². The molecule has 0 radical (unpaired) electrons. The molecule has 1 aromatic heterocycles. The number of benzene rings is 1. The minimum Gasteiger partial charge on any atom is -0.496 e. The number of methoxy groups -OCH3 is 1. The summed E-state index contributed by atoms with van der Waals surface area (Å²) < 4.78 is 19.3. The highest BCUT2D eigenvalue weighted by Gasteiger charge is 2.20. The van der Waals surface area contributed by atoms with Crippen molar-refractivity contribution in [2.45, 2.75) is 13.0 Å². The number of nitrogens with one attached hydrogen (secondary N) is 1. The van der Waals surface area contributed by atoms with Crippen molar-refractivity contribution in [2.24, 2.45) is 0 Å². The Balaban J connectivity index is 2.51. The van der Waals surface area contributed by atoms with E-state index in [0.29, 0.717) is 10.2 Å². The highest BCUT2D eigenvalue weighted by atomic mass is 79.9. The topological polar surface area (TPSA) is 21.3 Å². The first kappa shape index (κ1) is 14.5. The zero-order chi connectivity index (χ0) is 14.0. The molecule has 0 amide bonds. The van der Waals surface area contributed by atoms with Crippen LogP contribution in [0.15, 0.2) is 28.7 Å². The molecule has 0 fully saturated rings. The Morgan fingerprint density at radius 3 is 2.63 bits per heavy atom. The van der Waals surface area contributed by atoms with Crippen LogP contribution in [-0.4, -0.2) is 14.2 Å². The van der Waals surface area contributed by atoms with Crippen molar-refractivity contribution in [2.75, 3.05) is 14.2 Å². The van der Waals surface area contributed by atoms with E-state index in [1.54, 1.807) is 24.5 Å². The van der Waals surface area contributed by atoms with E-state index in [2.05, 4.69) is 40.3 Å². The summed E-state index contributed by atoms with van der Waals surface area (Å²) in [6.07, 6.45) is 0. The van der Waals surface area contributed by atoms with Crippen LogP contribution in [0.2, 0.25) is 0 Å². The minimum atomic E-state index is -0.321. The number of aryl methyl sites for hydroxylation is 1. The number of thiophene rings is 1. The van der Waals surface area contributed by atoms with E-state index in [-0.39, 0.29) is 11.9 Å². The largest absolute Gasteiger partial charge is 0.496 e. The number of hydrogen-bond acceptors (Lipinski definition) is 3. The van der Waals surface area contributed by atoms with Crippen molar-refractivity contribution in [1.82, 2.24) is 5.32 Å². The molecule has 1 heterocycles. The summed E-state index contributed by atoms with van der Waals surface area (Å²) in [6, 6.07) is 7.33. The lowest BCUT2D eigenvalue weighted by atomic mass is 10.0. The van der Waals surface area contributed by atoms with Gasteiger partial charge >= 0.3 is 0 Å². The summed E-state index contributed by atoms with van der Waals surface area (Å²) >= 11 is 4.95. The fourth-order valence-corrected chi connectivity index (χ4v) is 3.37. The molecule has 0 aliphatic heterocycles. The van der Waals surface area contributed by atoms with E-state index >= 15 is 0 Å². The van der Waals surface area contributed by atoms with Crippen LogP contribution in [0.3, 0.4) is 0 Å². The SMILES string of the molecule is CNC(c1ccc(C)s1)c1cc(Br)c(F)cc1OC. The summed E-state index contributed by atoms with van der Waals surface area (Å²) in [4.78, 5) is 2.42. The highest BCUT2D eigenvalue weighted by molar-refractivity contribution is 9.10. The molecule has 5 heteroatoms. The van der Waals surface area contributed by atoms with Crippen molar-refractivity contribution < 1.29 is 9.13 Å². The van der Waals surface area contributed by atoms with Crippen molar-refractivity contribution in [3.63, 3.8) is 0 Å². The van der Waals surface area contributed by atoms with Crippen LogP contribution < -0.4 is 10.1 Å². The first-order valence-electron chi connectivity index (χ1n) is 5.83. The maximum absolute atomic E-state index is 13.6. The van der Waals surface area contributed by atoms with Gasteiger partial charge < -0.3 is 10.1 Å². The van der Waals surface area contributed by atoms with Gasteiger partial charge in [0.25, 0.3) is 0 Å². The van der Waals surface area contributed by atoms with Gasteiger partial charge in [-0.15, -0.1) is 11.3 Å². The highest BCUT2D eigenvalue weighted by Crippen LogP contribution is 2.36. The van der Waals surface area contributed by atoms with Gasteiger partial charge in [-0.25, -0.2) is 4.39 Å². The lowest BCUT2D eigenvalue weighted by molar-refractivity contribution is 0.401. The fourth-order valence-electron chi connectivity index (χ4n) is 2.01. The molecule has 102 valence electrons. The number of rotatable bonds is 4. The van der Waals surface area contributed by atoms with E-state index in [1.807, 2.05) is 7.05 Å². The molecule has 0 saturated heterocycles. The molecule has 1 atom stereocenters. The smallest absolute Gasteiger partial charge is 0.141 e. The van der Waals surface area contributed by atoms with Crippen LogP contribution in [-0.2, 0) is 0 Å². The predicted octanol–water partition coefficient (Wildman–Crippen LogP) is 4.28. The Labute approximate surface area is 124 Å². The number of ether oxygens (including phenoxy) is 1. The van der Waals surface area contributed by atoms with Gasteiger partial charge in [0.1, 0.15) is 11.6 Å². The standard InChI is InChI=1S/C14H15BrFNOS/c1-8-4-5-13(19-8)14(17-2)9-6-10(15)11(16)7-12(9)18-3/h4-7,14,17H,1-3H3. The number of hydrogen-bond donors (Lipinski definition) is 1. The van der Waals surface area contributed by atoms with E-state index < -0.39 is 0 Å². The molecule has 0 saturated carbocycles. The first-order chi connectivity index (χ1) is 9.06. The summed E-state index contributed by atoms with van der Waals surface area (Å²) in [6.45, 7) is 2.07. The van der Waals surface area contributed by atoms with Crippen LogP contribution in [0.5, 0.6) is 5.75 Å². The van der Waals surface area contributed by atoms with Crippen molar-refractivity contribution >= 4 is 27.3 Å². The maximum atomic E-state index is 13.6. The Bertz CT molecular complexity index is 585. The van der Waals surface area contributed by atoms with Gasteiger partial charge in [0.05, 0.1) is 17.6 Å². The summed E-state index contributed by atoms with van der Waals surface area (Å²) in [5.74, 6) is 0.226. The van der Waals surface area contributed by atoms with Crippen molar-refractivity contribution in [3.05, 3.63) is 49.9 Å². The third kappa shape index (κ3) is 2.99. The lowest BCUT2D eigenvalue weighted by Crippen LogP contribution is -2.17. The Morgan fingerprint density at radius 1 is 1.37 bits per heavy atom. The molecule has 0 aliphatic carbocycles. The molecule has 2 nitrogen and oxygen atoms in total. The molecule has 0 bridgehead atoms. The van der Waals surface area contributed by atoms with Crippen LogP contribution in [0, 0.1) is 12.7 Å². The van der Waals surface area contributed by atoms with E-state index in [1.165, 1.54) is 15.8 Å². The molecule has 1 unspecified atom stereocenters. The Hall–Kier alpha value is -0.910. The Kier molecular flexibility index (Phi) is 4.60. The molecule has 0 aliphatic rings. The molecule has 19 heavy (non-hydrogen) atoms. The zero-order valence-electron chi connectivity index (χ0n) is 11.0. The second kappa shape index (κ2) is 6.03. The second-order valence-electron chi connectivity index (χ2n) is 4.18. The average molecular weight is 344 g/mol.